The summed E-state index contributed by atoms with van der Waals surface area (Å²) < 4.78 is 0. The Bertz CT molecular complexity index is 361. The van der Waals surface area contributed by atoms with Gasteiger partial charge in [0.25, 0.3) is 0 Å². The van der Waals surface area contributed by atoms with Gasteiger partial charge in [-0.3, -0.25) is 4.90 Å². The van der Waals surface area contributed by atoms with Gasteiger partial charge >= 0.3 is 0 Å². The predicted octanol–water partition coefficient (Wildman–Crippen LogP) is 1.77. The number of rotatable bonds is 1. The minimum atomic E-state index is -0.276. The predicted molar refractivity (Wildman–Crippen MR) is 61.8 cm³/mol. The van der Waals surface area contributed by atoms with Crippen molar-refractivity contribution in [3.05, 3.63) is 35.4 Å². The second-order valence-corrected chi connectivity index (χ2v) is 4.75. The van der Waals surface area contributed by atoms with Gasteiger partial charge in [-0.15, -0.1) is 0 Å². The molecule has 2 unspecified atom stereocenters. The molecule has 15 heavy (non-hydrogen) atoms. The van der Waals surface area contributed by atoms with Crippen molar-refractivity contribution < 1.29 is 5.11 Å². The van der Waals surface area contributed by atoms with Crippen LogP contribution in [0.3, 0.4) is 0 Å². The molecule has 2 nitrogen and oxygen atoms in total. The van der Waals surface area contributed by atoms with Crippen molar-refractivity contribution in [2.24, 2.45) is 0 Å². The first-order valence-electron chi connectivity index (χ1n) is 5.50. The number of likely N-dealkylation sites (N-methyl/N-ethyl adjacent to an activating group) is 1. The Morgan fingerprint density at radius 2 is 2.00 bits per heavy atom. The van der Waals surface area contributed by atoms with Crippen LogP contribution < -0.4 is 0 Å². The number of aliphatic hydroxyl groups is 1. The van der Waals surface area contributed by atoms with Crippen LogP contribution in [0.2, 0.25) is 0 Å². The van der Waals surface area contributed by atoms with E-state index in [9.17, 15) is 5.11 Å². The van der Waals surface area contributed by atoms with E-state index in [4.69, 9.17) is 0 Å². The van der Waals surface area contributed by atoms with E-state index < -0.39 is 0 Å². The molecule has 2 atom stereocenters. The molecule has 1 aromatic rings. The quantitative estimate of drug-likeness (QED) is 0.755. The highest BCUT2D eigenvalue weighted by Crippen LogP contribution is 2.38. The largest absolute Gasteiger partial charge is 0.391 e. The lowest BCUT2D eigenvalue weighted by molar-refractivity contribution is -0.0107. The minimum absolute atomic E-state index is 0.241. The first-order chi connectivity index (χ1) is 7.06. The summed E-state index contributed by atoms with van der Waals surface area (Å²) in [5.41, 5.74) is 2.40. The van der Waals surface area contributed by atoms with E-state index in [0.717, 1.165) is 12.8 Å². The first kappa shape index (κ1) is 10.7. The average Bonchev–Trinajstić information content (AvgIpc) is 2.23. The van der Waals surface area contributed by atoms with Gasteiger partial charge in [0.2, 0.25) is 0 Å². The zero-order chi connectivity index (χ0) is 11.1. The normalized spacial score (nSPS) is 30.3. The van der Waals surface area contributed by atoms with E-state index in [1.54, 1.807) is 0 Å². The van der Waals surface area contributed by atoms with Gasteiger partial charge in [-0.1, -0.05) is 24.3 Å². The summed E-state index contributed by atoms with van der Waals surface area (Å²) in [6, 6.07) is 8.44. The van der Waals surface area contributed by atoms with Gasteiger partial charge in [0, 0.05) is 0 Å². The molecule has 2 heteroatoms. The number of benzene rings is 1. The molecule has 2 rings (SSSR count). The number of fused-ring (bicyclic) bond motifs is 1. The van der Waals surface area contributed by atoms with Crippen LogP contribution in [0.25, 0.3) is 0 Å². The molecule has 0 saturated carbocycles. The molecule has 1 N–H and O–H groups in total. The Morgan fingerprint density at radius 1 is 1.33 bits per heavy atom. The van der Waals surface area contributed by atoms with Gasteiger partial charge in [0.05, 0.1) is 11.6 Å². The molecular weight excluding hydrogens is 186 g/mol. The molecule has 0 aromatic heterocycles. The molecule has 0 aliphatic heterocycles. The third-order valence-electron chi connectivity index (χ3n) is 3.83. The summed E-state index contributed by atoms with van der Waals surface area (Å²) >= 11 is 0. The van der Waals surface area contributed by atoms with Crippen LogP contribution in [0, 0.1) is 0 Å². The number of aryl methyl sites for hydroxylation is 1. The van der Waals surface area contributed by atoms with Crippen molar-refractivity contribution >= 4 is 0 Å². The highest BCUT2D eigenvalue weighted by Gasteiger charge is 2.40. The fraction of sp³-hybridized carbons (Fsp3) is 0.538. The fourth-order valence-electron chi connectivity index (χ4n) is 2.52. The maximum atomic E-state index is 10.2. The third-order valence-corrected chi connectivity index (χ3v) is 3.83. The van der Waals surface area contributed by atoms with Crippen LogP contribution in [0.4, 0.5) is 0 Å². The molecule has 0 spiro atoms. The fourth-order valence-corrected chi connectivity index (χ4v) is 2.52. The van der Waals surface area contributed by atoms with E-state index in [1.807, 2.05) is 14.1 Å². The van der Waals surface area contributed by atoms with Crippen LogP contribution in [-0.4, -0.2) is 30.2 Å². The smallest absolute Gasteiger partial charge is 0.0766 e. The highest BCUT2D eigenvalue weighted by atomic mass is 16.3. The molecule has 1 aliphatic carbocycles. The van der Waals surface area contributed by atoms with E-state index in [0.29, 0.717) is 0 Å². The molecule has 0 amide bonds. The number of hydrogen-bond donors (Lipinski definition) is 1. The third kappa shape index (κ3) is 1.48. The lowest BCUT2D eigenvalue weighted by Gasteiger charge is -2.45. The summed E-state index contributed by atoms with van der Waals surface area (Å²) in [4.78, 5) is 2.12. The van der Waals surface area contributed by atoms with Crippen LogP contribution in [-0.2, 0) is 12.0 Å². The Labute approximate surface area is 91.5 Å². The molecule has 0 heterocycles. The van der Waals surface area contributed by atoms with E-state index in [2.05, 4.69) is 36.1 Å². The zero-order valence-electron chi connectivity index (χ0n) is 9.70. The maximum Gasteiger partial charge on any atom is 0.0766 e. The number of hydrogen-bond acceptors (Lipinski definition) is 2. The average molecular weight is 205 g/mol. The van der Waals surface area contributed by atoms with Gasteiger partial charge in [0.1, 0.15) is 0 Å². The molecule has 1 aliphatic rings. The lowest BCUT2D eigenvalue weighted by atomic mass is 9.75. The second-order valence-electron chi connectivity index (χ2n) is 4.75. The Hall–Kier alpha value is -0.860. The Morgan fingerprint density at radius 3 is 2.67 bits per heavy atom. The summed E-state index contributed by atoms with van der Waals surface area (Å²) in [6.45, 7) is 2.12. The van der Waals surface area contributed by atoms with Crippen molar-refractivity contribution in [1.82, 2.24) is 4.90 Å². The van der Waals surface area contributed by atoms with Crippen LogP contribution in [0.15, 0.2) is 24.3 Å². The summed E-state index contributed by atoms with van der Waals surface area (Å²) in [7, 11) is 4.07. The van der Waals surface area contributed by atoms with Crippen LogP contribution in [0.1, 0.15) is 24.5 Å². The Balaban J connectivity index is 2.55. The summed E-state index contributed by atoms with van der Waals surface area (Å²) in [6.07, 6.45) is 1.56. The molecule has 0 saturated heterocycles. The van der Waals surface area contributed by atoms with E-state index in [-0.39, 0.29) is 11.6 Å². The monoisotopic (exact) mass is 205 g/mol. The van der Waals surface area contributed by atoms with Gasteiger partial charge in [-0.25, -0.2) is 0 Å². The van der Waals surface area contributed by atoms with Gasteiger partial charge in [-0.05, 0) is 45.0 Å². The number of nitrogens with zero attached hydrogens (tertiary/aromatic N) is 1. The molecule has 0 fully saturated rings. The SMILES string of the molecule is CN(C)C1(C)c2ccccc2CCC1O. The lowest BCUT2D eigenvalue weighted by Crippen LogP contribution is -2.51. The van der Waals surface area contributed by atoms with Gasteiger partial charge in [-0.2, -0.15) is 0 Å². The van der Waals surface area contributed by atoms with Crippen molar-refractivity contribution in [3.63, 3.8) is 0 Å². The molecule has 1 aromatic carbocycles. The first-order valence-corrected chi connectivity index (χ1v) is 5.50. The summed E-state index contributed by atoms with van der Waals surface area (Å²) in [5.74, 6) is 0. The minimum Gasteiger partial charge on any atom is -0.391 e. The zero-order valence-corrected chi connectivity index (χ0v) is 9.70. The van der Waals surface area contributed by atoms with Crippen LogP contribution in [0.5, 0.6) is 0 Å². The van der Waals surface area contributed by atoms with Gasteiger partial charge < -0.3 is 5.11 Å². The summed E-state index contributed by atoms with van der Waals surface area (Å²) in [5, 5.41) is 10.2. The van der Waals surface area contributed by atoms with E-state index in [1.165, 1.54) is 11.1 Å². The topological polar surface area (TPSA) is 23.5 Å². The molecular formula is C13H19NO. The maximum absolute atomic E-state index is 10.2. The second kappa shape index (κ2) is 3.62. The van der Waals surface area contributed by atoms with Crippen molar-refractivity contribution in [1.29, 1.82) is 0 Å². The van der Waals surface area contributed by atoms with Crippen molar-refractivity contribution in [2.75, 3.05) is 14.1 Å². The molecule has 0 radical (unpaired) electrons. The number of aliphatic hydroxyl groups excluding tert-OH is 1. The van der Waals surface area contributed by atoms with Crippen molar-refractivity contribution in [3.8, 4) is 0 Å². The van der Waals surface area contributed by atoms with Crippen molar-refractivity contribution in [2.45, 2.75) is 31.4 Å². The highest BCUT2D eigenvalue weighted by molar-refractivity contribution is 5.37. The Kier molecular flexibility index (Phi) is 2.57. The van der Waals surface area contributed by atoms with Gasteiger partial charge in [0.15, 0.2) is 0 Å². The van der Waals surface area contributed by atoms with Crippen LogP contribution >= 0.6 is 0 Å². The molecule has 82 valence electrons. The standard InChI is InChI=1S/C13H19NO/c1-13(14(2)3)11-7-5-4-6-10(11)8-9-12(13)15/h4-7,12,15H,8-9H2,1-3H3. The van der Waals surface area contributed by atoms with E-state index >= 15 is 0 Å². The molecule has 0 bridgehead atoms.